The van der Waals surface area contributed by atoms with Crippen LogP contribution in [-0.2, 0) is 11.2 Å². The van der Waals surface area contributed by atoms with Gasteiger partial charge in [-0.05, 0) is 50.3 Å². The van der Waals surface area contributed by atoms with Gasteiger partial charge in [0.2, 0.25) is 0 Å². The van der Waals surface area contributed by atoms with Crippen LogP contribution in [0.2, 0.25) is 0 Å². The Bertz CT molecular complexity index is 372. The first-order valence-corrected chi connectivity index (χ1v) is 6.28. The molecule has 1 heterocycles. The summed E-state index contributed by atoms with van der Waals surface area (Å²) in [6.07, 6.45) is 4.08. The predicted molar refractivity (Wildman–Crippen MR) is 68.0 cm³/mol. The van der Waals surface area contributed by atoms with Crippen LogP contribution in [0.5, 0.6) is 5.75 Å². The molecule has 94 valence electrons. The fraction of sp³-hybridized carbons (Fsp3) is 0.571. The van der Waals surface area contributed by atoms with E-state index in [0.29, 0.717) is 5.75 Å². The van der Waals surface area contributed by atoms with E-state index in [1.165, 1.54) is 6.42 Å². The van der Waals surface area contributed by atoms with Gasteiger partial charge in [0, 0.05) is 12.6 Å². The van der Waals surface area contributed by atoms with Crippen LogP contribution in [-0.4, -0.2) is 23.4 Å². The van der Waals surface area contributed by atoms with E-state index < -0.39 is 0 Å². The van der Waals surface area contributed by atoms with Crippen molar-refractivity contribution < 1.29 is 9.84 Å². The summed E-state index contributed by atoms with van der Waals surface area (Å²) in [5.41, 5.74) is 7.10. The summed E-state index contributed by atoms with van der Waals surface area (Å²) in [5.74, 6) is 0.296. The molecule has 2 rings (SSSR count). The van der Waals surface area contributed by atoms with Gasteiger partial charge in [-0.2, -0.15) is 0 Å². The zero-order valence-electron chi connectivity index (χ0n) is 10.4. The van der Waals surface area contributed by atoms with Gasteiger partial charge in [-0.3, -0.25) is 0 Å². The van der Waals surface area contributed by atoms with Gasteiger partial charge in [0.15, 0.2) is 0 Å². The molecule has 0 bridgehead atoms. The van der Waals surface area contributed by atoms with Crippen molar-refractivity contribution in [1.29, 1.82) is 0 Å². The first kappa shape index (κ1) is 12.4. The number of phenolic OH excluding ortho intramolecular Hbond substituents is 1. The van der Waals surface area contributed by atoms with Gasteiger partial charge in [0.25, 0.3) is 0 Å². The Morgan fingerprint density at radius 2 is 2.29 bits per heavy atom. The van der Waals surface area contributed by atoms with Crippen LogP contribution in [0.15, 0.2) is 24.3 Å². The summed E-state index contributed by atoms with van der Waals surface area (Å²) in [5, 5.41) is 9.43. The smallest absolute Gasteiger partial charge is 0.115 e. The highest BCUT2D eigenvalue weighted by atomic mass is 16.5. The fourth-order valence-electron chi connectivity index (χ4n) is 2.40. The molecule has 2 unspecified atom stereocenters. The molecule has 1 fully saturated rings. The lowest BCUT2D eigenvalue weighted by molar-refractivity contribution is -0.0808. The average Bonchev–Trinajstić information content (AvgIpc) is 2.30. The number of rotatable bonds is 3. The Hall–Kier alpha value is -1.06. The number of hydrogen-bond donors (Lipinski definition) is 2. The van der Waals surface area contributed by atoms with Crippen LogP contribution in [0.4, 0.5) is 0 Å². The van der Waals surface area contributed by atoms with Gasteiger partial charge >= 0.3 is 0 Å². The molecule has 0 radical (unpaired) electrons. The number of phenols is 1. The highest BCUT2D eigenvalue weighted by Gasteiger charge is 2.34. The SMILES string of the molecule is CC1(C(N)Cc2cccc(O)c2)CCCCO1. The predicted octanol–water partition coefficient (Wildman–Crippen LogP) is 2.22. The van der Waals surface area contributed by atoms with Crippen molar-refractivity contribution >= 4 is 0 Å². The number of benzene rings is 1. The van der Waals surface area contributed by atoms with Crippen LogP contribution < -0.4 is 5.73 Å². The molecule has 0 spiro atoms. The topological polar surface area (TPSA) is 55.5 Å². The molecule has 1 aliphatic heterocycles. The number of aromatic hydroxyl groups is 1. The maximum absolute atomic E-state index is 9.43. The molecular formula is C14H21NO2. The lowest BCUT2D eigenvalue weighted by atomic mass is 9.85. The van der Waals surface area contributed by atoms with Crippen molar-refractivity contribution in [2.75, 3.05) is 6.61 Å². The molecule has 17 heavy (non-hydrogen) atoms. The lowest BCUT2D eigenvalue weighted by Gasteiger charge is -2.38. The molecule has 1 aromatic rings. The van der Waals surface area contributed by atoms with Crippen molar-refractivity contribution in [3.05, 3.63) is 29.8 Å². The van der Waals surface area contributed by atoms with Gasteiger partial charge < -0.3 is 15.6 Å². The minimum absolute atomic E-state index is 0.0235. The second-order valence-electron chi connectivity index (χ2n) is 5.10. The van der Waals surface area contributed by atoms with E-state index in [1.807, 2.05) is 12.1 Å². The Kier molecular flexibility index (Phi) is 3.69. The Balaban J connectivity index is 2.02. The van der Waals surface area contributed by atoms with Gasteiger partial charge in [-0.15, -0.1) is 0 Å². The quantitative estimate of drug-likeness (QED) is 0.844. The van der Waals surface area contributed by atoms with Crippen molar-refractivity contribution in [3.8, 4) is 5.75 Å². The molecule has 0 amide bonds. The maximum Gasteiger partial charge on any atom is 0.115 e. The van der Waals surface area contributed by atoms with E-state index in [-0.39, 0.29) is 11.6 Å². The third kappa shape index (κ3) is 2.99. The van der Waals surface area contributed by atoms with Crippen LogP contribution in [0.3, 0.4) is 0 Å². The first-order chi connectivity index (χ1) is 8.10. The Labute approximate surface area is 103 Å². The Morgan fingerprint density at radius 1 is 1.47 bits per heavy atom. The molecule has 3 nitrogen and oxygen atoms in total. The van der Waals surface area contributed by atoms with Crippen LogP contribution in [0.1, 0.15) is 31.7 Å². The van der Waals surface area contributed by atoms with E-state index >= 15 is 0 Å². The highest BCUT2D eigenvalue weighted by Crippen LogP contribution is 2.28. The van der Waals surface area contributed by atoms with Crippen LogP contribution in [0, 0.1) is 0 Å². The van der Waals surface area contributed by atoms with Crippen LogP contribution >= 0.6 is 0 Å². The van der Waals surface area contributed by atoms with Gasteiger partial charge in [0.05, 0.1) is 5.60 Å². The average molecular weight is 235 g/mol. The maximum atomic E-state index is 9.43. The van der Waals surface area contributed by atoms with Gasteiger partial charge in [-0.25, -0.2) is 0 Å². The fourth-order valence-corrected chi connectivity index (χ4v) is 2.40. The third-order valence-electron chi connectivity index (χ3n) is 3.65. The summed E-state index contributed by atoms with van der Waals surface area (Å²) >= 11 is 0. The number of nitrogens with two attached hydrogens (primary N) is 1. The van der Waals surface area contributed by atoms with Gasteiger partial charge in [-0.1, -0.05) is 12.1 Å². The van der Waals surface area contributed by atoms with E-state index in [4.69, 9.17) is 10.5 Å². The molecule has 0 aromatic heterocycles. The van der Waals surface area contributed by atoms with E-state index in [9.17, 15) is 5.11 Å². The summed E-state index contributed by atoms with van der Waals surface area (Å²) in [6, 6.07) is 7.26. The molecule has 1 aromatic carbocycles. The molecule has 2 atom stereocenters. The summed E-state index contributed by atoms with van der Waals surface area (Å²) in [7, 11) is 0. The zero-order valence-corrected chi connectivity index (χ0v) is 10.4. The molecule has 1 saturated heterocycles. The normalized spacial score (nSPS) is 26.7. The Morgan fingerprint density at radius 3 is 2.94 bits per heavy atom. The zero-order chi connectivity index (χ0) is 12.3. The van der Waals surface area contributed by atoms with E-state index in [1.54, 1.807) is 12.1 Å². The molecular weight excluding hydrogens is 214 g/mol. The summed E-state index contributed by atoms with van der Waals surface area (Å²) < 4.78 is 5.84. The monoisotopic (exact) mass is 235 g/mol. The number of hydrogen-bond acceptors (Lipinski definition) is 3. The number of ether oxygens (including phenoxy) is 1. The molecule has 0 saturated carbocycles. The third-order valence-corrected chi connectivity index (χ3v) is 3.65. The second kappa shape index (κ2) is 5.07. The lowest BCUT2D eigenvalue weighted by Crippen LogP contribution is -2.50. The molecule has 3 N–H and O–H groups in total. The first-order valence-electron chi connectivity index (χ1n) is 6.28. The standard InChI is InChI=1S/C14H21NO2/c1-14(7-2-3-8-17-14)13(15)10-11-5-4-6-12(16)9-11/h4-6,9,13,16H,2-3,7-8,10,15H2,1H3. The van der Waals surface area contributed by atoms with Crippen LogP contribution in [0.25, 0.3) is 0 Å². The molecule has 0 aliphatic carbocycles. The molecule has 1 aliphatic rings. The highest BCUT2D eigenvalue weighted by molar-refractivity contribution is 5.28. The minimum atomic E-state index is -0.219. The van der Waals surface area contributed by atoms with Crippen molar-refractivity contribution in [2.24, 2.45) is 5.73 Å². The van der Waals surface area contributed by atoms with Crippen molar-refractivity contribution in [2.45, 2.75) is 44.2 Å². The van der Waals surface area contributed by atoms with Gasteiger partial charge in [0.1, 0.15) is 5.75 Å². The van der Waals surface area contributed by atoms with E-state index in [2.05, 4.69) is 6.92 Å². The second-order valence-corrected chi connectivity index (χ2v) is 5.10. The summed E-state index contributed by atoms with van der Waals surface area (Å²) in [6.45, 7) is 2.91. The van der Waals surface area contributed by atoms with Crippen molar-refractivity contribution in [3.63, 3.8) is 0 Å². The summed E-state index contributed by atoms with van der Waals surface area (Å²) in [4.78, 5) is 0. The van der Waals surface area contributed by atoms with E-state index in [0.717, 1.165) is 31.4 Å². The largest absolute Gasteiger partial charge is 0.508 e. The minimum Gasteiger partial charge on any atom is -0.508 e. The molecule has 3 heteroatoms. The van der Waals surface area contributed by atoms with Crippen molar-refractivity contribution in [1.82, 2.24) is 0 Å².